The van der Waals surface area contributed by atoms with Gasteiger partial charge in [-0.3, -0.25) is 4.79 Å². The number of carbonyl (C=O) groups is 1. The molecule has 0 aliphatic rings. The van der Waals surface area contributed by atoms with Gasteiger partial charge in [0, 0.05) is 12.0 Å². The Hall–Kier alpha value is -1.57. The Bertz CT molecular complexity index is 329. The van der Waals surface area contributed by atoms with Crippen molar-refractivity contribution in [2.24, 2.45) is 0 Å². The molecule has 0 atom stereocenters. The highest BCUT2D eigenvalue weighted by Gasteiger charge is 2.04. The number of rotatable bonds is 5. The average molecular weight is 190 g/mol. The normalized spacial score (nSPS) is 9.50. The first-order chi connectivity index (χ1) is 6.77. The molecule has 2 nitrogen and oxygen atoms in total. The minimum atomic E-state index is 0.155. The number of benzene rings is 1. The summed E-state index contributed by atoms with van der Waals surface area (Å²) in [5.41, 5.74) is 0.700. The van der Waals surface area contributed by atoms with E-state index >= 15 is 0 Å². The predicted octanol–water partition coefficient (Wildman–Crippen LogP) is 3.19. The van der Waals surface area contributed by atoms with Gasteiger partial charge in [-0.25, -0.2) is 0 Å². The van der Waals surface area contributed by atoms with E-state index in [-0.39, 0.29) is 5.78 Å². The molecule has 0 fully saturated rings. The van der Waals surface area contributed by atoms with Gasteiger partial charge in [-0.05, 0) is 18.6 Å². The quantitative estimate of drug-likeness (QED) is 0.526. The number of Topliss-reactive ketones (excluding diaryl/α,β-unsaturated/α-hetero) is 1. The SMILES string of the molecule is C=COc1cccc(C(=O)CCC)c1. The second-order valence-corrected chi connectivity index (χ2v) is 2.99. The number of ether oxygens (including phenoxy) is 1. The van der Waals surface area contributed by atoms with Gasteiger partial charge in [-0.2, -0.15) is 0 Å². The molecule has 0 heterocycles. The summed E-state index contributed by atoms with van der Waals surface area (Å²) in [5.74, 6) is 0.809. The summed E-state index contributed by atoms with van der Waals surface area (Å²) in [7, 11) is 0. The van der Waals surface area contributed by atoms with Crippen molar-refractivity contribution in [3.63, 3.8) is 0 Å². The molecule has 1 aromatic rings. The minimum absolute atomic E-state index is 0.155. The van der Waals surface area contributed by atoms with E-state index in [1.165, 1.54) is 6.26 Å². The zero-order chi connectivity index (χ0) is 10.4. The molecule has 2 heteroatoms. The van der Waals surface area contributed by atoms with E-state index in [0.29, 0.717) is 17.7 Å². The summed E-state index contributed by atoms with van der Waals surface area (Å²) in [6.45, 7) is 5.45. The zero-order valence-corrected chi connectivity index (χ0v) is 8.32. The van der Waals surface area contributed by atoms with Crippen molar-refractivity contribution in [2.75, 3.05) is 0 Å². The molecule has 1 rings (SSSR count). The van der Waals surface area contributed by atoms with Crippen LogP contribution in [-0.2, 0) is 0 Å². The molecular weight excluding hydrogens is 176 g/mol. The van der Waals surface area contributed by atoms with Gasteiger partial charge >= 0.3 is 0 Å². The molecule has 0 unspecified atom stereocenters. The van der Waals surface area contributed by atoms with E-state index in [9.17, 15) is 4.79 Å². The van der Waals surface area contributed by atoms with Crippen LogP contribution in [0.5, 0.6) is 5.75 Å². The molecule has 0 bridgehead atoms. The Morgan fingerprint density at radius 3 is 3.00 bits per heavy atom. The van der Waals surface area contributed by atoms with Crippen molar-refractivity contribution in [3.05, 3.63) is 42.7 Å². The van der Waals surface area contributed by atoms with Crippen LogP contribution in [0.2, 0.25) is 0 Å². The largest absolute Gasteiger partial charge is 0.466 e. The third-order valence-electron chi connectivity index (χ3n) is 1.85. The fourth-order valence-electron chi connectivity index (χ4n) is 1.21. The maximum absolute atomic E-state index is 11.5. The van der Waals surface area contributed by atoms with Crippen LogP contribution < -0.4 is 4.74 Å². The summed E-state index contributed by atoms with van der Waals surface area (Å²) in [6, 6.07) is 7.14. The Morgan fingerprint density at radius 1 is 1.57 bits per heavy atom. The summed E-state index contributed by atoms with van der Waals surface area (Å²) in [4.78, 5) is 11.5. The molecule has 0 N–H and O–H groups in total. The fourth-order valence-corrected chi connectivity index (χ4v) is 1.21. The topological polar surface area (TPSA) is 26.3 Å². The molecule has 0 saturated heterocycles. The van der Waals surface area contributed by atoms with Gasteiger partial charge in [0.2, 0.25) is 0 Å². The Balaban J connectivity index is 2.82. The maximum atomic E-state index is 11.5. The summed E-state index contributed by atoms with van der Waals surface area (Å²) < 4.78 is 5.09. The predicted molar refractivity (Wildman–Crippen MR) is 56.5 cm³/mol. The molecule has 0 radical (unpaired) electrons. The van der Waals surface area contributed by atoms with Crippen LogP contribution in [0.3, 0.4) is 0 Å². The second kappa shape index (κ2) is 5.22. The molecule has 1 aromatic carbocycles. The molecular formula is C12H14O2. The zero-order valence-electron chi connectivity index (χ0n) is 8.32. The maximum Gasteiger partial charge on any atom is 0.162 e. The van der Waals surface area contributed by atoms with Crippen LogP contribution in [0.25, 0.3) is 0 Å². The van der Waals surface area contributed by atoms with E-state index in [0.717, 1.165) is 6.42 Å². The van der Waals surface area contributed by atoms with Crippen LogP contribution in [0.1, 0.15) is 30.1 Å². The van der Waals surface area contributed by atoms with Gasteiger partial charge in [0.15, 0.2) is 5.78 Å². The standard InChI is InChI=1S/C12H14O2/c1-3-6-12(13)10-7-5-8-11(9-10)14-4-2/h4-5,7-9H,2-3,6H2,1H3. The van der Waals surface area contributed by atoms with Crippen molar-refractivity contribution < 1.29 is 9.53 Å². The first kappa shape index (κ1) is 10.5. The van der Waals surface area contributed by atoms with Gasteiger partial charge in [-0.15, -0.1) is 0 Å². The lowest BCUT2D eigenvalue weighted by Gasteiger charge is -2.02. The van der Waals surface area contributed by atoms with Crippen molar-refractivity contribution >= 4 is 5.78 Å². The van der Waals surface area contributed by atoms with Gasteiger partial charge in [-0.1, -0.05) is 25.6 Å². The Morgan fingerprint density at radius 2 is 2.36 bits per heavy atom. The van der Waals surface area contributed by atoms with Crippen molar-refractivity contribution in [1.82, 2.24) is 0 Å². The number of ketones is 1. The van der Waals surface area contributed by atoms with Crippen molar-refractivity contribution in [3.8, 4) is 5.75 Å². The van der Waals surface area contributed by atoms with Crippen molar-refractivity contribution in [2.45, 2.75) is 19.8 Å². The highest BCUT2D eigenvalue weighted by Crippen LogP contribution is 2.15. The number of hydrogen-bond donors (Lipinski definition) is 0. The number of hydrogen-bond acceptors (Lipinski definition) is 2. The van der Waals surface area contributed by atoms with Crippen LogP contribution in [-0.4, -0.2) is 5.78 Å². The third-order valence-corrected chi connectivity index (χ3v) is 1.85. The first-order valence-electron chi connectivity index (χ1n) is 4.68. The molecule has 0 aromatic heterocycles. The van der Waals surface area contributed by atoms with E-state index in [4.69, 9.17) is 4.74 Å². The summed E-state index contributed by atoms with van der Waals surface area (Å²) in [6.07, 6.45) is 2.80. The lowest BCUT2D eigenvalue weighted by molar-refractivity contribution is 0.0981. The van der Waals surface area contributed by atoms with Crippen LogP contribution in [0, 0.1) is 0 Å². The molecule has 0 aliphatic heterocycles. The Kier molecular flexibility index (Phi) is 3.92. The third kappa shape index (κ3) is 2.73. The van der Waals surface area contributed by atoms with Gasteiger partial charge in [0.05, 0.1) is 6.26 Å². The van der Waals surface area contributed by atoms with E-state index in [2.05, 4.69) is 6.58 Å². The fraction of sp³-hybridized carbons (Fsp3) is 0.250. The summed E-state index contributed by atoms with van der Waals surface area (Å²) >= 11 is 0. The van der Waals surface area contributed by atoms with E-state index in [1.54, 1.807) is 18.2 Å². The average Bonchev–Trinajstić information content (AvgIpc) is 2.19. The first-order valence-corrected chi connectivity index (χ1v) is 4.68. The van der Waals surface area contributed by atoms with E-state index < -0.39 is 0 Å². The molecule has 0 spiro atoms. The van der Waals surface area contributed by atoms with Crippen LogP contribution >= 0.6 is 0 Å². The van der Waals surface area contributed by atoms with Gasteiger partial charge in [0.1, 0.15) is 5.75 Å². The van der Waals surface area contributed by atoms with E-state index in [1.807, 2.05) is 13.0 Å². The van der Waals surface area contributed by atoms with Gasteiger partial charge < -0.3 is 4.74 Å². The molecule has 0 saturated carbocycles. The molecule has 74 valence electrons. The van der Waals surface area contributed by atoms with Crippen LogP contribution in [0.15, 0.2) is 37.1 Å². The summed E-state index contributed by atoms with van der Waals surface area (Å²) in [5, 5.41) is 0. The lowest BCUT2D eigenvalue weighted by Crippen LogP contribution is -1.97. The lowest BCUT2D eigenvalue weighted by atomic mass is 10.1. The molecule has 0 amide bonds. The molecule has 0 aliphatic carbocycles. The Labute approximate surface area is 84.2 Å². The number of carbonyl (C=O) groups excluding carboxylic acids is 1. The monoisotopic (exact) mass is 190 g/mol. The second-order valence-electron chi connectivity index (χ2n) is 2.99. The van der Waals surface area contributed by atoms with Crippen LogP contribution in [0.4, 0.5) is 0 Å². The minimum Gasteiger partial charge on any atom is -0.466 e. The smallest absolute Gasteiger partial charge is 0.162 e. The molecule has 14 heavy (non-hydrogen) atoms. The highest BCUT2D eigenvalue weighted by molar-refractivity contribution is 5.96. The highest BCUT2D eigenvalue weighted by atomic mass is 16.5. The van der Waals surface area contributed by atoms with Crippen molar-refractivity contribution in [1.29, 1.82) is 0 Å². The van der Waals surface area contributed by atoms with Gasteiger partial charge in [0.25, 0.3) is 0 Å².